The predicted octanol–water partition coefficient (Wildman–Crippen LogP) is 2.37. The van der Waals surface area contributed by atoms with Crippen molar-refractivity contribution in [2.45, 2.75) is 20.3 Å². The number of rotatable bonds is 2. The Labute approximate surface area is 94.3 Å². The third-order valence-corrected chi connectivity index (χ3v) is 2.42. The Morgan fingerprint density at radius 3 is 2.56 bits per heavy atom. The van der Waals surface area contributed by atoms with Crippen LogP contribution in [-0.4, -0.2) is 17.0 Å². The standard InChI is InChI=1S/C7H5NO.C5H10O2/c9-7-5-2-1-3-6(4-5)8-7;1-3-4(2)5(6)7/h1-4H,(H,8,9);4H,3H2,1-2H3,(H,6,7). The fourth-order valence-corrected chi connectivity index (χ4v) is 1.12. The molecule has 2 N–H and O–H groups in total. The second-order valence-corrected chi connectivity index (χ2v) is 3.68. The molecule has 1 unspecified atom stereocenters. The molecule has 86 valence electrons. The van der Waals surface area contributed by atoms with Gasteiger partial charge in [0.05, 0.1) is 5.92 Å². The molecule has 4 heteroatoms. The number of benzene rings is 1. The third kappa shape index (κ3) is 3.08. The third-order valence-electron chi connectivity index (χ3n) is 2.42. The van der Waals surface area contributed by atoms with Crippen molar-refractivity contribution in [3.8, 4) is 0 Å². The Morgan fingerprint density at radius 1 is 1.50 bits per heavy atom. The van der Waals surface area contributed by atoms with Crippen molar-refractivity contribution < 1.29 is 14.7 Å². The number of carbonyl (C=O) groups excluding carboxylic acids is 1. The van der Waals surface area contributed by atoms with Crippen molar-refractivity contribution in [3.05, 3.63) is 29.8 Å². The highest BCUT2D eigenvalue weighted by atomic mass is 16.4. The van der Waals surface area contributed by atoms with Gasteiger partial charge >= 0.3 is 5.97 Å². The van der Waals surface area contributed by atoms with E-state index in [-0.39, 0.29) is 11.8 Å². The molecule has 1 aliphatic rings. The lowest BCUT2D eigenvalue weighted by atomic mass is 10.1. The maximum absolute atomic E-state index is 10.8. The van der Waals surface area contributed by atoms with E-state index in [2.05, 4.69) is 5.32 Å². The van der Waals surface area contributed by atoms with E-state index in [9.17, 15) is 9.59 Å². The molecule has 1 aromatic rings. The van der Waals surface area contributed by atoms with Gasteiger partial charge in [0.25, 0.3) is 5.91 Å². The summed E-state index contributed by atoms with van der Waals surface area (Å²) in [7, 11) is 0. The first-order valence-corrected chi connectivity index (χ1v) is 5.18. The van der Waals surface area contributed by atoms with Gasteiger partial charge in [0.1, 0.15) is 0 Å². The van der Waals surface area contributed by atoms with Gasteiger partial charge in [0.15, 0.2) is 0 Å². The average Bonchev–Trinajstić information content (AvgIpc) is 2.52. The summed E-state index contributed by atoms with van der Waals surface area (Å²) >= 11 is 0. The second kappa shape index (κ2) is 5.30. The Kier molecular flexibility index (Phi) is 4.05. The fourth-order valence-electron chi connectivity index (χ4n) is 1.12. The van der Waals surface area contributed by atoms with Crippen molar-refractivity contribution in [2.75, 3.05) is 5.32 Å². The summed E-state index contributed by atoms with van der Waals surface area (Å²) in [5.41, 5.74) is 1.66. The van der Waals surface area contributed by atoms with E-state index in [1.54, 1.807) is 13.0 Å². The maximum atomic E-state index is 10.8. The van der Waals surface area contributed by atoms with Crippen molar-refractivity contribution in [2.24, 2.45) is 5.92 Å². The number of anilines is 1. The van der Waals surface area contributed by atoms with Gasteiger partial charge in [-0.1, -0.05) is 19.9 Å². The quantitative estimate of drug-likeness (QED) is 0.805. The summed E-state index contributed by atoms with van der Waals surface area (Å²) in [6.07, 6.45) is 0.718. The van der Waals surface area contributed by atoms with Crippen LogP contribution < -0.4 is 5.32 Å². The Bertz CT molecular complexity index is 401. The van der Waals surface area contributed by atoms with Crippen LogP contribution in [0.4, 0.5) is 5.69 Å². The largest absolute Gasteiger partial charge is 0.481 e. The second-order valence-electron chi connectivity index (χ2n) is 3.68. The molecule has 0 aromatic heterocycles. The number of carboxylic acid groups (broad SMARTS) is 1. The van der Waals surface area contributed by atoms with E-state index in [4.69, 9.17) is 5.11 Å². The topological polar surface area (TPSA) is 66.4 Å². The molecule has 0 saturated heterocycles. The molecule has 1 aromatic carbocycles. The number of nitrogens with one attached hydrogen (secondary N) is 1. The number of carbonyl (C=O) groups is 2. The van der Waals surface area contributed by atoms with Gasteiger partial charge in [0, 0.05) is 11.3 Å². The highest BCUT2D eigenvalue weighted by molar-refractivity contribution is 6.09. The molecule has 4 nitrogen and oxygen atoms in total. The zero-order valence-corrected chi connectivity index (χ0v) is 9.36. The first-order chi connectivity index (χ1) is 7.54. The minimum Gasteiger partial charge on any atom is -0.481 e. The number of hydrogen-bond donors (Lipinski definition) is 2. The Hall–Kier alpha value is -1.84. The summed E-state index contributed by atoms with van der Waals surface area (Å²) in [6, 6.07) is 7.37. The van der Waals surface area contributed by atoms with Crippen LogP contribution >= 0.6 is 0 Å². The van der Waals surface area contributed by atoms with Crippen molar-refractivity contribution in [1.82, 2.24) is 0 Å². The Morgan fingerprint density at radius 2 is 2.19 bits per heavy atom. The van der Waals surface area contributed by atoms with Crippen LogP contribution in [0.3, 0.4) is 0 Å². The summed E-state index contributed by atoms with van der Waals surface area (Å²) in [6.45, 7) is 3.56. The number of hydrogen-bond acceptors (Lipinski definition) is 2. The summed E-state index contributed by atoms with van der Waals surface area (Å²) in [5.74, 6) is -0.877. The Balaban J connectivity index is 0.000000168. The molecular formula is C12H15NO3. The maximum Gasteiger partial charge on any atom is 0.306 e. The first-order valence-electron chi connectivity index (χ1n) is 5.18. The SMILES string of the molecule is CCC(C)C(=O)O.O=C1Nc2cccc1c2. The van der Waals surface area contributed by atoms with Crippen molar-refractivity contribution in [3.63, 3.8) is 0 Å². The van der Waals surface area contributed by atoms with Crippen molar-refractivity contribution in [1.29, 1.82) is 0 Å². The average molecular weight is 221 g/mol. The van der Waals surface area contributed by atoms with Gasteiger partial charge in [-0.25, -0.2) is 0 Å². The molecule has 0 spiro atoms. The number of fused-ring (bicyclic) bond motifs is 2. The molecular weight excluding hydrogens is 206 g/mol. The zero-order chi connectivity index (χ0) is 12.1. The van der Waals surface area contributed by atoms with Crippen LogP contribution in [0.25, 0.3) is 0 Å². The summed E-state index contributed by atoms with van der Waals surface area (Å²) < 4.78 is 0. The molecule has 1 atom stereocenters. The van der Waals surface area contributed by atoms with Crippen LogP contribution in [0.1, 0.15) is 30.6 Å². The highest BCUT2D eigenvalue weighted by Gasteiger charge is 2.12. The van der Waals surface area contributed by atoms with E-state index < -0.39 is 5.97 Å². The van der Waals surface area contributed by atoms with Gasteiger partial charge in [0.2, 0.25) is 0 Å². The van der Waals surface area contributed by atoms with Crippen LogP contribution in [0.15, 0.2) is 24.3 Å². The minimum absolute atomic E-state index is 0.00926. The molecule has 1 aliphatic heterocycles. The predicted molar refractivity (Wildman–Crippen MR) is 61.5 cm³/mol. The van der Waals surface area contributed by atoms with Gasteiger partial charge in [-0.15, -0.1) is 0 Å². The lowest BCUT2D eigenvalue weighted by molar-refractivity contribution is -0.141. The molecule has 2 bridgehead atoms. The molecule has 0 saturated carbocycles. The first kappa shape index (κ1) is 12.2. The van der Waals surface area contributed by atoms with E-state index in [1.807, 2.05) is 25.1 Å². The number of amides is 1. The smallest absolute Gasteiger partial charge is 0.306 e. The molecule has 1 heterocycles. The van der Waals surface area contributed by atoms with Gasteiger partial charge < -0.3 is 10.4 Å². The highest BCUT2D eigenvalue weighted by Crippen LogP contribution is 2.17. The zero-order valence-electron chi connectivity index (χ0n) is 9.36. The molecule has 0 fully saturated rings. The van der Waals surface area contributed by atoms with Gasteiger partial charge in [-0.3, -0.25) is 9.59 Å². The van der Waals surface area contributed by atoms with Crippen LogP contribution in [0, 0.1) is 5.92 Å². The lowest BCUT2D eigenvalue weighted by Gasteiger charge is -1.96. The molecule has 16 heavy (non-hydrogen) atoms. The fraction of sp³-hybridized carbons (Fsp3) is 0.333. The monoisotopic (exact) mass is 221 g/mol. The molecule has 2 rings (SSSR count). The van der Waals surface area contributed by atoms with Crippen LogP contribution in [0.5, 0.6) is 0 Å². The number of aliphatic carboxylic acids is 1. The minimum atomic E-state index is -0.706. The normalized spacial score (nSPS) is 13.5. The summed E-state index contributed by atoms with van der Waals surface area (Å²) in [5, 5.41) is 10.9. The van der Waals surface area contributed by atoms with E-state index >= 15 is 0 Å². The molecule has 0 radical (unpaired) electrons. The van der Waals surface area contributed by atoms with E-state index in [1.165, 1.54) is 0 Å². The van der Waals surface area contributed by atoms with Crippen LogP contribution in [0.2, 0.25) is 0 Å². The number of carboxylic acids is 1. The van der Waals surface area contributed by atoms with Gasteiger partial charge in [-0.05, 0) is 24.6 Å². The molecule has 0 aliphatic carbocycles. The van der Waals surface area contributed by atoms with Crippen LogP contribution in [-0.2, 0) is 4.79 Å². The molecule has 1 amide bonds. The van der Waals surface area contributed by atoms with Crippen molar-refractivity contribution >= 4 is 17.6 Å². The van der Waals surface area contributed by atoms with E-state index in [0.29, 0.717) is 0 Å². The summed E-state index contributed by atoms with van der Waals surface area (Å²) in [4.78, 5) is 20.7. The lowest BCUT2D eigenvalue weighted by Crippen LogP contribution is -2.06. The van der Waals surface area contributed by atoms with Gasteiger partial charge in [-0.2, -0.15) is 0 Å². The van der Waals surface area contributed by atoms with E-state index in [0.717, 1.165) is 17.7 Å².